The van der Waals surface area contributed by atoms with Gasteiger partial charge in [-0.05, 0) is 25.7 Å². The van der Waals surface area contributed by atoms with E-state index in [1.807, 2.05) is 11.8 Å². The van der Waals surface area contributed by atoms with E-state index in [9.17, 15) is 18.0 Å². The topological polar surface area (TPSA) is 97.5 Å². The third kappa shape index (κ3) is 5.49. The maximum Gasteiger partial charge on any atom is 0.389 e. The first kappa shape index (κ1) is 22.7. The number of ether oxygens (including phenoxy) is 1. The van der Waals surface area contributed by atoms with E-state index in [1.165, 1.54) is 19.5 Å². The van der Waals surface area contributed by atoms with Gasteiger partial charge in [-0.3, -0.25) is 9.20 Å². The number of imidazole rings is 1. The van der Waals surface area contributed by atoms with Crippen LogP contribution >= 0.6 is 0 Å². The number of unbranched alkanes of at least 4 members (excludes halogenated alkanes) is 1. The van der Waals surface area contributed by atoms with Crippen molar-refractivity contribution >= 4 is 23.2 Å². The summed E-state index contributed by atoms with van der Waals surface area (Å²) in [5.74, 6) is 1.08. The number of hydrogen-bond donors (Lipinski definition) is 1. The van der Waals surface area contributed by atoms with Crippen molar-refractivity contribution in [2.75, 3.05) is 30.4 Å². The van der Waals surface area contributed by atoms with Gasteiger partial charge in [0.1, 0.15) is 11.5 Å². The van der Waals surface area contributed by atoms with E-state index in [-0.39, 0.29) is 23.8 Å². The first-order chi connectivity index (χ1) is 15.7. The average molecular weight is 463 g/mol. The van der Waals surface area contributed by atoms with Crippen molar-refractivity contribution in [2.24, 2.45) is 5.92 Å². The lowest BCUT2D eigenvalue weighted by Crippen LogP contribution is -2.47. The zero-order valence-corrected chi connectivity index (χ0v) is 18.3. The number of aryl methyl sites for hydroxylation is 1. The van der Waals surface area contributed by atoms with Crippen LogP contribution in [0.3, 0.4) is 0 Å². The van der Waals surface area contributed by atoms with E-state index in [1.54, 1.807) is 16.8 Å². The van der Waals surface area contributed by atoms with Crippen LogP contribution in [0.4, 0.5) is 24.8 Å². The number of amides is 1. The summed E-state index contributed by atoms with van der Waals surface area (Å²) in [6, 6.07) is 0. The van der Waals surface area contributed by atoms with E-state index in [0.29, 0.717) is 23.8 Å². The third-order valence-electron chi connectivity index (χ3n) is 5.44. The molecule has 176 valence electrons. The zero-order chi connectivity index (χ0) is 23.6. The molecule has 1 fully saturated rings. The first-order valence-corrected chi connectivity index (χ1v) is 10.6. The van der Waals surface area contributed by atoms with Gasteiger partial charge in [-0.1, -0.05) is 6.42 Å². The summed E-state index contributed by atoms with van der Waals surface area (Å²) in [4.78, 5) is 31.7. The summed E-state index contributed by atoms with van der Waals surface area (Å²) in [6.07, 6.45) is 3.01. The van der Waals surface area contributed by atoms with Crippen LogP contribution in [0.25, 0.3) is 5.65 Å². The largest absolute Gasteiger partial charge is 0.478 e. The molecule has 1 amide bonds. The number of nitrogens with one attached hydrogen (secondary N) is 1. The molecule has 0 aliphatic carbocycles. The Hall–Kier alpha value is -3.44. The third-order valence-corrected chi connectivity index (χ3v) is 5.44. The summed E-state index contributed by atoms with van der Waals surface area (Å²) in [6.45, 7) is 3.29. The minimum Gasteiger partial charge on any atom is -0.478 e. The molecule has 3 aromatic rings. The molecule has 1 aliphatic heterocycles. The Kier molecular flexibility index (Phi) is 6.34. The quantitative estimate of drug-likeness (QED) is 0.509. The number of anilines is 2. The molecule has 0 spiro atoms. The van der Waals surface area contributed by atoms with Crippen LogP contribution in [0.5, 0.6) is 5.88 Å². The van der Waals surface area contributed by atoms with Crippen molar-refractivity contribution < 1.29 is 22.7 Å². The Morgan fingerprint density at radius 1 is 1.18 bits per heavy atom. The van der Waals surface area contributed by atoms with Gasteiger partial charge in [-0.15, -0.1) is 0 Å². The Morgan fingerprint density at radius 3 is 2.64 bits per heavy atom. The molecule has 0 unspecified atom stereocenters. The SMILES string of the molecule is COc1nc(NC(=O)c2cnc(N3CC(CCCCC(F)(F)F)C3)cn2)cn2cc(C)nc12. The molecular weight excluding hydrogens is 439 g/mol. The van der Waals surface area contributed by atoms with Crippen molar-refractivity contribution in [1.29, 1.82) is 0 Å². The molecule has 0 aromatic carbocycles. The van der Waals surface area contributed by atoms with Crippen LogP contribution in [0.15, 0.2) is 24.8 Å². The van der Waals surface area contributed by atoms with E-state index in [4.69, 9.17) is 4.74 Å². The van der Waals surface area contributed by atoms with Gasteiger partial charge in [0, 0.05) is 25.7 Å². The molecule has 4 heterocycles. The standard InChI is InChI=1S/C21H24F3N7O2/c1-13-9-31-12-16(29-20(33-2)18(31)27-13)28-19(32)15-7-26-17(8-25-15)30-10-14(11-30)5-3-4-6-21(22,23)24/h7-9,12,14H,3-6,10-11H2,1-2H3,(H,28,32). The zero-order valence-electron chi connectivity index (χ0n) is 18.3. The number of aromatic nitrogens is 5. The molecule has 1 N–H and O–H groups in total. The highest BCUT2D eigenvalue weighted by Gasteiger charge is 2.29. The predicted octanol–water partition coefficient (Wildman–Crippen LogP) is 3.65. The van der Waals surface area contributed by atoms with Gasteiger partial charge in [0.05, 0.1) is 31.4 Å². The summed E-state index contributed by atoms with van der Waals surface area (Å²) >= 11 is 0. The van der Waals surface area contributed by atoms with Crippen LogP contribution in [0, 0.1) is 12.8 Å². The lowest BCUT2D eigenvalue weighted by atomic mass is 9.93. The van der Waals surface area contributed by atoms with Crippen LogP contribution in [-0.4, -0.2) is 56.6 Å². The first-order valence-electron chi connectivity index (χ1n) is 10.6. The molecule has 0 radical (unpaired) electrons. The van der Waals surface area contributed by atoms with Gasteiger partial charge in [-0.2, -0.15) is 18.2 Å². The Bertz CT molecular complexity index is 1130. The Balaban J connectivity index is 1.30. The van der Waals surface area contributed by atoms with Crippen molar-refractivity contribution in [1.82, 2.24) is 24.3 Å². The normalized spacial score (nSPS) is 14.4. The maximum atomic E-state index is 12.6. The fraction of sp³-hybridized carbons (Fsp3) is 0.476. The van der Waals surface area contributed by atoms with E-state index < -0.39 is 18.5 Å². The number of methoxy groups -OCH3 is 1. The van der Waals surface area contributed by atoms with Crippen molar-refractivity contribution in [3.8, 4) is 5.88 Å². The molecule has 0 bridgehead atoms. The number of halogens is 3. The molecule has 0 atom stereocenters. The van der Waals surface area contributed by atoms with Gasteiger partial charge in [-0.25, -0.2) is 15.0 Å². The lowest BCUT2D eigenvalue weighted by molar-refractivity contribution is -0.135. The number of hydrogen-bond acceptors (Lipinski definition) is 7. The highest BCUT2D eigenvalue weighted by Crippen LogP contribution is 2.28. The fourth-order valence-corrected chi connectivity index (χ4v) is 3.77. The number of carbonyl (C=O) groups is 1. The van der Waals surface area contributed by atoms with Crippen molar-refractivity contribution in [2.45, 2.75) is 38.8 Å². The summed E-state index contributed by atoms with van der Waals surface area (Å²) in [7, 11) is 1.48. The highest BCUT2D eigenvalue weighted by molar-refractivity contribution is 6.02. The molecular formula is C21H24F3N7O2. The van der Waals surface area contributed by atoms with Crippen molar-refractivity contribution in [3.05, 3.63) is 36.2 Å². The molecule has 33 heavy (non-hydrogen) atoms. The summed E-state index contributed by atoms with van der Waals surface area (Å²) < 4.78 is 43.6. The van der Waals surface area contributed by atoms with Gasteiger partial charge < -0.3 is 15.0 Å². The van der Waals surface area contributed by atoms with Crippen LogP contribution in [-0.2, 0) is 0 Å². The highest BCUT2D eigenvalue weighted by atomic mass is 19.4. The molecule has 1 aliphatic rings. The molecule has 4 rings (SSSR count). The van der Waals surface area contributed by atoms with E-state index in [0.717, 1.165) is 25.2 Å². The number of rotatable bonds is 8. The maximum absolute atomic E-state index is 12.6. The average Bonchev–Trinajstić information content (AvgIpc) is 3.11. The smallest absolute Gasteiger partial charge is 0.389 e. The summed E-state index contributed by atoms with van der Waals surface area (Å²) in [5, 5.41) is 2.68. The molecule has 1 saturated heterocycles. The number of fused-ring (bicyclic) bond motifs is 1. The second-order valence-corrected chi connectivity index (χ2v) is 8.09. The van der Waals surface area contributed by atoms with Crippen LogP contribution < -0.4 is 15.0 Å². The van der Waals surface area contributed by atoms with Crippen LogP contribution in [0.1, 0.15) is 41.9 Å². The van der Waals surface area contributed by atoms with Crippen LogP contribution in [0.2, 0.25) is 0 Å². The molecule has 0 saturated carbocycles. The minimum atomic E-state index is -4.08. The number of nitrogens with zero attached hydrogens (tertiary/aromatic N) is 6. The summed E-state index contributed by atoms with van der Waals surface area (Å²) in [5.41, 5.74) is 1.46. The van der Waals surface area contributed by atoms with Gasteiger partial charge in [0.2, 0.25) is 5.65 Å². The van der Waals surface area contributed by atoms with Gasteiger partial charge in [0.15, 0.2) is 5.82 Å². The minimum absolute atomic E-state index is 0.130. The Labute approximate surface area is 188 Å². The van der Waals surface area contributed by atoms with Gasteiger partial charge >= 0.3 is 6.18 Å². The second-order valence-electron chi connectivity index (χ2n) is 8.09. The van der Waals surface area contributed by atoms with Gasteiger partial charge in [0.25, 0.3) is 11.8 Å². The predicted molar refractivity (Wildman–Crippen MR) is 114 cm³/mol. The lowest BCUT2D eigenvalue weighted by Gasteiger charge is -2.40. The molecule has 3 aromatic heterocycles. The number of carbonyl (C=O) groups excluding carboxylic acids is 1. The fourth-order valence-electron chi connectivity index (χ4n) is 3.77. The Morgan fingerprint density at radius 2 is 1.97 bits per heavy atom. The van der Waals surface area contributed by atoms with E-state index in [2.05, 4.69) is 25.3 Å². The van der Waals surface area contributed by atoms with E-state index >= 15 is 0 Å². The molecule has 9 nitrogen and oxygen atoms in total. The van der Waals surface area contributed by atoms with Crippen molar-refractivity contribution in [3.63, 3.8) is 0 Å². The number of alkyl halides is 3. The molecule has 12 heteroatoms. The monoisotopic (exact) mass is 463 g/mol. The second kappa shape index (κ2) is 9.20.